The molecule has 0 spiro atoms. The predicted octanol–water partition coefficient (Wildman–Crippen LogP) is 3.23. The van der Waals surface area contributed by atoms with Crippen LogP contribution < -0.4 is 5.32 Å². The second kappa shape index (κ2) is 5.15. The van der Waals surface area contributed by atoms with Crippen LogP contribution in [-0.2, 0) is 6.42 Å². The van der Waals surface area contributed by atoms with E-state index in [1.165, 1.54) is 0 Å². The number of furan rings is 1. The number of aryl methyl sites for hydroxylation is 1. The van der Waals surface area contributed by atoms with E-state index in [1.807, 2.05) is 25.2 Å². The Balaban J connectivity index is 2.20. The van der Waals surface area contributed by atoms with Gasteiger partial charge in [0.05, 0.1) is 6.26 Å². The Morgan fingerprint density at radius 2 is 2.18 bits per heavy atom. The van der Waals surface area contributed by atoms with Gasteiger partial charge in [0.15, 0.2) is 0 Å². The van der Waals surface area contributed by atoms with Gasteiger partial charge in [-0.2, -0.15) is 0 Å². The van der Waals surface area contributed by atoms with Crippen LogP contribution in [0.1, 0.15) is 22.9 Å². The summed E-state index contributed by atoms with van der Waals surface area (Å²) in [5.41, 5.74) is 1.61. The minimum Gasteiger partial charge on any atom is -0.469 e. The van der Waals surface area contributed by atoms with E-state index >= 15 is 0 Å². The predicted molar refractivity (Wildman–Crippen MR) is 65.3 cm³/mol. The highest BCUT2D eigenvalue weighted by Crippen LogP contribution is 2.20. The highest BCUT2D eigenvalue weighted by atomic mass is 19.1. The number of hydrogen-bond acceptors (Lipinski definition) is 2. The molecule has 0 aliphatic carbocycles. The first-order valence-electron chi connectivity index (χ1n) is 5.66. The van der Waals surface area contributed by atoms with E-state index in [1.54, 1.807) is 25.3 Å². The quantitative estimate of drug-likeness (QED) is 0.877. The van der Waals surface area contributed by atoms with Gasteiger partial charge in [-0.3, -0.25) is 0 Å². The van der Waals surface area contributed by atoms with Crippen molar-refractivity contribution in [2.75, 3.05) is 7.05 Å². The summed E-state index contributed by atoms with van der Waals surface area (Å²) >= 11 is 0. The fraction of sp³-hybridized carbons (Fsp3) is 0.286. The lowest BCUT2D eigenvalue weighted by molar-refractivity contribution is 0.464. The summed E-state index contributed by atoms with van der Waals surface area (Å²) in [6.07, 6.45) is 2.36. The summed E-state index contributed by atoms with van der Waals surface area (Å²) < 4.78 is 18.8. The smallest absolute Gasteiger partial charge is 0.126 e. The molecular weight excluding hydrogens is 217 g/mol. The van der Waals surface area contributed by atoms with Gasteiger partial charge >= 0.3 is 0 Å². The minimum atomic E-state index is -0.165. The third-order valence-corrected chi connectivity index (χ3v) is 2.93. The van der Waals surface area contributed by atoms with Gasteiger partial charge in [-0.15, -0.1) is 0 Å². The van der Waals surface area contributed by atoms with E-state index in [2.05, 4.69) is 5.32 Å². The molecule has 0 aliphatic rings. The van der Waals surface area contributed by atoms with Crippen LogP contribution in [-0.4, -0.2) is 7.05 Å². The van der Waals surface area contributed by atoms with Gasteiger partial charge in [0.25, 0.3) is 0 Å². The van der Waals surface area contributed by atoms with Crippen LogP contribution in [0.4, 0.5) is 4.39 Å². The summed E-state index contributed by atoms with van der Waals surface area (Å²) in [7, 11) is 1.87. The second-order valence-corrected chi connectivity index (χ2v) is 4.13. The molecule has 1 N–H and O–H groups in total. The minimum absolute atomic E-state index is 0.0660. The van der Waals surface area contributed by atoms with Crippen molar-refractivity contribution in [3.8, 4) is 0 Å². The van der Waals surface area contributed by atoms with E-state index in [0.717, 1.165) is 11.3 Å². The van der Waals surface area contributed by atoms with Crippen molar-refractivity contribution in [1.82, 2.24) is 5.32 Å². The Morgan fingerprint density at radius 3 is 2.76 bits per heavy atom. The molecule has 0 fully saturated rings. The molecule has 90 valence electrons. The lowest BCUT2D eigenvalue weighted by Gasteiger charge is -2.15. The molecule has 3 heteroatoms. The van der Waals surface area contributed by atoms with E-state index in [9.17, 15) is 4.39 Å². The zero-order chi connectivity index (χ0) is 12.3. The number of benzene rings is 1. The van der Waals surface area contributed by atoms with Crippen LogP contribution in [0.25, 0.3) is 0 Å². The van der Waals surface area contributed by atoms with Gasteiger partial charge < -0.3 is 9.73 Å². The first kappa shape index (κ1) is 11.9. The van der Waals surface area contributed by atoms with Gasteiger partial charge in [-0.05, 0) is 43.3 Å². The summed E-state index contributed by atoms with van der Waals surface area (Å²) in [6.45, 7) is 1.76. The van der Waals surface area contributed by atoms with Crippen molar-refractivity contribution in [3.05, 3.63) is 59.3 Å². The Labute approximate surface area is 100 Å². The molecule has 1 heterocycles. The van der Waals surface area contributed by atoms with E-state index in [-0.39, 0.29) is 11.9 Å². The third-order valence-electron chi connectivity index (χ3n) is 2.93. The number of rotatable bonds is 4. The Morgan fingerprint density at radius 1 is 1.35 bits per heavy atom. The van der Waals surface area contributed by atoms with Crippen LogP contribution >= 0.6 is 0 Å². The van der Waals surface area contributed by atoms with Crippen molar-refractivity contribution in [2.24, 2.45) is 0 Å². The van der Waals surface area contributed by atoms with Gasteiger partial charge in [-0.1, -0.05) is 12.1 Å². The molecule has 0 saturated heterocycles. The first-order valence-corrected chi connectivity index (χ1v) is 5.66. The molecule has 0 bridgehead atoms. The Hall–Kier alpha value is -1.61. The summed E-state index contributed by atoms with van der Waals surface area (Å²) in [6, 6.07) is 9.18. The molecule has 2 rings (SSSR count). The maximum Gasteiger partial charge on any atom is 0.126 e. The van der Waals surface area contributed by atoms with E-state index in [0.29, 0.717) is 12.0 Å². The van der Waals surface area contributed by atoms with Gasteiger partial charge in [0.2, 0.25) is 0 Å². The Kier molecular flexibility index (Phi) is 3.59. The van der Waals surface area contributed by atoms with Crippen LogP contribution in [0.5, 0.6) is 0 Å². The van der Waals surface area contributed by atoms with Crippen LogP contribution in [0, 0.1) is 12.7 Å². The van der Waals surface area contributed by atoms with Crippen molar-refractivity contribution >= 4 is 0 Å². The van der Waals surface area contributed by atoms with Gasteiger partial charge in [0.1, 0.15) is 11.6 Å². The summed E-state index contributed by atoms with van der Waals surface area (Å²) in [4.78, 5) is 0. The normalized spacial score (nSPS) is 12.6. The number of halogens is 1. The van der Waals surface area contributed by atoms with Crippen molar-refractivity contribution in [1.29, 1.82) is 0 Å². The highest BCUT2D eigenvalue weighted by molar-refractivity contribution is 5.26. The summed E-state index contributed by atoms with van der Waals surface area (Å²) in [5.74, 6) is 0.729. The monoisotopic (exact) mass is 233 g/mol. The van der Waals surface area contributed by atoms with E-state index < -0.39 is 0 Å². The maximum absolute atomic E-state index is 13.5. The maximum atomic E-state index is 13.5. The van der Waals surface area contributed by atoms with Crippen molar-refractivity contribution in [2.45, 2.75) is 19.4 Å². The number of likely N-dealkylation sites (N-methyl/N-ethyl adjacent to an activating group) is 1. The zero-order valence-corrected chi connectivity index (χ0v) is 10.0. The Bertz CT molecular complexity index is 479. The van der Waals surface area contributed by atoms with Crippen LogP contribution in [0.15, 0.2) is 41.0 Å². The van der Waals surface area contributed by atoms with Gasteiger partial charge in [0, 0.05) is 12.5 Å². The molecule has 2 nitrogen and oxygen atoms in total. The molecule has 1 aromatic carbocycles. The first-order chi connectivity index (χ1) is 8.20. The molecule has 1 unspecified atom stereocenters. The third kappa shape index (κ3) is 2.74. The molecule has 17 heavy (non-hydrogen) atoms. The topological polar surface area (TPSA) is 25.2 Å². The number of nitrogens with one attached hydrogen (secondary N) is 1. The molecule has 0 amide bonds. The lowest BCUT2D eigenvalue weighted by Crippen LogP contribution is -2.18. The average molecular weight is 233 g/mol. The fourth-order valence-electron chi connectivity index (χ4n) is 1.84. The molecular formula is C14H16FNO. The largest absolute Gasteiger partial charge is 0.469 e. The number of hydrogen-bond donors (Lipinski definition) is 1. The van der Waals surface area contributed by atoms with Crippen molar-refractivity contribution < 1.29 is 8.81 Å². The van der Waals surface area contributed by atoms with Crippen molar-refractivity contribution in [3.63, 3.8) is 0 Å². The zero-order valence-electron chi connectivity index (χ0n) is 10.0. The van der Waals surface area contributed by atoms with Gasteiger partial charge in [-0.25, -0.2) is 4.39 Å². The molecule has 0 aliphatic heterocycles. The lowest BCUT2D eigenvalue weighted by atomic mass is 10.0. The van der Waals surface area contributed by atoms with Crippen LogP contribution in [0.3, 0.4) is 0 Å². The molecule has 2 aromatic rings. The molecule has 1 atom stereocenters. The second-order valence-electron chi connectivity index (χ2n) is 4.13. The highest BCUT2D eigenvalue weighted by Gasteiger charge is 2.13. The average Bonchev–Trinajstić information content (AvgIpc) is 2.82. The molecule has 0 saturated carbocycles. The molecule has 1 aromatic heterocycles. The standard InChI is InChI=1S/C14H16FNO/c1-10-5-6-11(8-13(10)15)14(16-2)9-12-4-3-7-17-12/h3-8,14,16H,9H2,1-2H3. The summed E-state index contributed by atoms with van der Waals surface area (Å²) in [5, 5.41) is 3.18. The fourth-order valence-corrected chi connectivity index (χ4v) is 1.84. The van der Waals surface area contributed by atoms with E-state index in [4.69, 9.17) is 4.42 Å². The van der Waals surface area contributed by atoms with Crippen LogP contribution in [0.2, 0.25) is 0 Å². The SMILES string of the molecule is CNC(Cc1ccco1)c1ccc(C)c(F)c1. The molecule has 0 radical (unpaired) electrons.